The van der Waals surface area contributed by atoms with Crippen LogP contribution >= 0.6 is 63.7 Å². The van der Waals surface area contributed by atoms with Crippen LogP contribution in [0.15, 0.2) is 0 Å². The van der Waals surface area contributed by atoms with Gasteiger partial charge in [0.2, 0.25) is 0 Å². The van der Waals surface area contributed by atoms with Crippen LogP contribution in [0.4, 0.5) is 0 Å². The molecule has 0 heterocycles. The van der Waals surface area contributed by atoms with Crippen molar-refractivity contribution in [1.29, 1.82) is 0 Å². The van der Waals surface area contributed by atoms with Crippen molar-refractivity contribution < 1.29 is 0 Å². The third kappa shape index (κ3) is 16.4. The highest BCUT2D eigenvalue weighted by molar-refractivity contribution is 9.25. The molecule has 0 N–H and O–H groups in total. The fourth-order valence-electron chi connectivity index (χ4n) is 1.17. The molecule has 0 aromatic carbocycles. The zero-order chi connectivity index (χ0) is 12.2. The Balaban J connectivity index is 2.93. The van der Waals surface area contributed by atoms with Gasteiger partial charge in [-0.2, -0.15) is 0 Å². The van der Waals surface area contributed by atoms with E-state index in [2.05, 4.69) is 63.7 Å². The Kier molecular flexibility index (Phi) is 15.8. The minimum Gasteiger partial charge on any atom is -0.0765 e. The molecule has 0 aliphatic carbocycles. The van der Waals surface area contributed by atoms with Gasteiger partial charge in [-0.1, -0.05) is 101 Å². The van der Waals surface area contributed by atoms with Gasteiger partial charge in [-0.05, 0) is 12.8 Å². The first-order chi connectivity index (χ1) is 7.63. The van der Waals surface area contributed by atoms with Gasteiger partial charge in [0.05, 0.1) is 7.47 Å². The lowest BCUT2D eigenvalue weighted by Gasteiger charge is -2.02. The van der Waals surface area contributed by atoms with Crippen LogP contribution in [0.1, 0.15) is 25.7 Å². The Labute approximate surface area is 139 Å². The predicted octanol–water partition coefficient (Wildman–Crippen LogP) is 5.86. The molecule has 0 aromatic heterocycles. The lowest BCUT2D eigenvalue weighted by atomic mass is 10.4. The van der Waals surface area contributed by atoms with Crippen LogP contribution in [0.3, 0.4) is 0 Å². The Morgan fingerprint density at radius 3 is 1.31 bits per heavy atom. The molecule has 0 rings (SSSR count). The van der Waals surface area contributed by atoms with Crippen LogP contribution in [0.25, 0.3) is 0 Å². The summed E-state index contributed by atoms with van der Waals surface area (Å²) in [5.74, 6) is 0. The number of rotatable bonds is 11. The van der Waals surface area contributed by atoms with Gasteiger partial charge in [0.15, 0.2) is 0 Å². The Bertz CT molecular complexity index is 129. The molecule has 0 bridgehead atoms. The number of hydrogen-bond donors (Lipinski definition) is 0. The van der Waals surface area contributed by atoms with E-state index < -0.39 is 0 Å². The molecule has 16 heavy (non-hydrogen) atoms. The summed E-state index contributed by atoms with van der Waals surface area (Å²) >= 11 is 14.0. The van der Waals surface area contributed by atoms with E-state index in [9.17, 15) is 0 Å². The Morgan fingerprint density at radius 2 is 1.00 bits per heavy atom. The first kappa shape index (κ1) is 18.4. The molecule has 0 saturated heterocycles. The van der Waals surface area contributed by atoms with Crippen LogP contribution in [0.5, 0.6) is 0 Å². The van der Waals surface area contributed by atoms with Crippen molar-refractivity contribution in [2.45, 2.75) is 57.3 Å². The number of halogens is 4. The zero-order valence-electron chi connectivity index (χ0n) is 9.32. The third-order valence-electron chi connectivity index (χ3n) is 2.04. The molecule has 94 valence electrons. The number of unbranched alkanes of at least 4 members (excludes halogenated alkanes) is 1. The fourth-order valence-corrected chi connectivity index (χ4v) is 6.26. The summed E-state index contributed by atoms with van der Waals surface area (Å²) in [5.41, 5.74) is 0. The van der Waals surface area contributed by atoms with E-state index in [1.54, 1.807) is 0 Å². The largest absolute Gasteiger partial charge is 0.0765 e. The quantitative estimate of drug-likeness (QED) is 0.184. The maximum Gasteiger partial charge on any atom is 0.0695 e. The summed E-state index contributed by atoms with van der Waals surface area (Å²) in [6.07, 6.45) is 5.40. The summed E-state index contributed by atoms with van der Waals surface area (Å²) in [4.78, 5) is 0. The lowest BCUT2D eigenvalue weighted by Crippen LogP contribution is -1.95. The van der Waals surface area contributed by atoms with Gasteiger partial charge in [-0.3, -0.25) is 0 Å². The molecule has 0 amide bonds. The van der Waals surface area contributed by atoms with Gasteiger partial charge in [0.1, 0.15) is 0 Å². The van der Waals surface area contributed by atoms with Crippen molar-refractivity contribution in [2.75, 3.05) is 0 Å². The first-order valence-electron chi connectivity index (χ1n) is 5.60. The summed E-state index contributed by atoms with van der Waals surface area (Å²) in [6, 6.07) is 5.63. The maximum absolute atomic E-state index is 3.51. The van der Waals surface area contributed by atoms with E-state index in [1.165, 1.54) is 49.9 Å². The van der Waals surface area contributed by atoms with Crippen LogP contribution in [-0.4, -0.2) is 26.5 Å². The Morgan fingerprint density at radius 1 is 0.625 bits per heavy atom. The van der Waals surface area contributed by atoms with Crippen molar-refractivity contribution in [2.24, 2.45) is 0 Å². The van der Waals surface area contributed by atoms with E-state index in [0.29, 0.717) is 7.47 Å². The van der Waals surface area contributed by atoms with Gasteiger partial charge in [-0.15, -0.1) is 0 Å². The molecule has 0 nitrogen and oxygen atoms in total. The SMILES string of the molecule is BrC(Br)CC[Si]CCCC[Si]CCC(Br)Br. The molecule has 0 aromatic rings. The number of hydrogen-bond acceptors (Lipinski definition) is 0. The Hall–Kier alpha value is 2.35. The van der Waals surface area contributed by atoms with Crippen molar-refractivity contribution in [1.82, 2.24) is 0 Å². The highest BCUT2D eigenvalue weighted by atomic mass is 79.9. The lowest BCUT2D eigenvalue weighted by molar-refractivity contribution is 0.863. The standard InChI is InChI=1S/C10H18Br4Si2/c11-9(12)3-7-15-5-1-2-6-16-8-4-10(13)14/h9-10H,1-8H2. The van der Waals surface area contributed by atoms with Crippen LogP contribution in [0.2, 0.25) is 24.2 Å². The molecule has 0 atom stereocenters. The first-order valence-corrected chi connectivity index (χ1v) is 12.1. The molecule has 0 unspecified atom stereocenters. The monoisotopic (exact) mass is 510 g/mol. The van der Waals surface area contributed by atoms with Crippen molar-refractivity contribution in [3.05, 3.63) is 0 Å². The molecular weight excluding hydrogens is 496 g/mol. The summed E-state index contributed by atoms with van der Waals surface area (Å²) in [5, 5.41) is 0. The minimum atomic E-state index is 0.524. The highest BCUT2D eigenvalue weighted by Crippen LogP contribution is 2.16. The minimum absolute atomic E-state index is 0.524. The average molecular weight is 514 g/mol. The van der Waals surface area contributed by atoms with Crippen LogP contribution in [0, 0.1) is 0 Å². The number of alkyl halides is 4. The van der Waals surface area contributed by atoms with E-state index in [4.69, 9.17) is 0 Å². The van der Waals surface area contributed by atoms with E-state index in [0.717, 1.165) is 19.0 Å². The summed E-state index contributed by atoms with van der Waals surface area (Å²) < 4.78 is 1.05. The zero-order valence-corrected chi connectivity index (χ0v) is 17.7. The molecule has 0 aliphatic heterocycles. The van der Waals surface area contributed by atoms with Crippen molar-refractivity contribution >= 4 is 82.8 Å². The van der Waals surface area contributed by atoms with Crippen molar-refractivity contribution in [3.8, 4) is 0 Å². The third-order valence-corrected chi connectivity index (χ3v) is 6.57. The maximum atomic E-state index is 3.51. The van der Waals surface area contributed by atoms with Crippen LogP contribution in [-0.2, 0) is 0 Å². The van der Waals surface area contributed by atoms with Gasteiger partial charge in [0, 0.05) is 19.0 Å². The van der Waals surface area contributed by atoms with E-state index in [-0.39, 0.29) is 0 Å². The second-order valence-electron chi connectivity index (χ2n) is 3.57. The van der Waals surface area contributed by atoms with Crippen LogP contribution < -0.4 is 0 Å². The molecule has 0 aliphatic rings. The second-order valence-corrected chi connectivity index (χ2v) is 13.4. The van der Waals surface area contributed by atoms with Crippen molar-refractivity contribution in [3.63, 3.8) is 0 Å². The summed E-state index contributed by atoms with van der Waals surface area (Å²) in [6.45, 7) is 0. The molecule has 0 fully saturated rings. The smallest absolute Gasteiger partial charge is 0.0695 e. The molecule has 0 spiro atoms. The van der Waals surface area contributed by atoms with E-state index in [1.807, 2.05) is 0 Å². The molecular formula is C10H18Br4Si2. The predicted molar refractivity (Wildman–Crippen MR) is 92.5 cm³/mol. The van der Waals surface area contributed by atoms with Gasteiger partial charge < -0.3 is 0 Å². The van der Waals surface area contributed by atoms with Gasteiger partial charge in [-0.25, -0.2) is 0 Å². The second kappa shape index (κ2) is 13.8. The van der Waals surface area contributed by atoms with E-state index >= 15 is 0 Å². The van der Waals surface area contributed by atoms with Gasteiger partial charge >= 0.3 is 0 Å². The average Bonchev–Trinajstić information content (AvgIpc) is 2.20. The molecule has 6 heteroatoms. The molecule has 4 radical (unpaired) electrons. The fraction of sp³-hybridized carbons (Fsp3) is 1.00. The topological polar surface area (TPSA) is 0 Å². The highest BCUT2D eigenvalue weighted by Gasteiger charge is 1.99. The normalized spacial score (nSPS) is 11.6. The molecule has 0 saturated carbocycles. The van der Waals surface area contributed by atoms with Gasteiger partial charge in [0.25, 0.3) is 0 Å². The summed E-state index contributed by atoms with van der Waals surface area (Å²) in [7, 11) is 2.32.